The van der Waals surface area contributed by atoms with E-state index in [-0.39, 0.29) is 110 Å². The topological polar surface area (TPSA) is 285 Å². The van der Waals surface area contributed by atoms with E-state index in [0.29, 0.717) is 49.9 Å². The molecule has 19 heteroatoms. The molecule has 3 amide bonds. The van der Waals surface area contributed by atoms with E-state index in [9.17, 15) is 44.1 Å². The van der Waals surface area contributed by atoms with Crippen molar-refractivity contribution in [2.24, 2.45) is 0 Å². The number of carboxylic acids is 2. The lowest BCUT2D eigenvalue weighted by atomic mass is 9.89. The number of nitrogen functional groups attached to an aromatic ring is 1. The molecule has 0 radical (unpaired) electrons. The number of ether oxygens (including phenoxy) is 1. The van der Waals surface area contributed by atoms with Crippen LogP contribution in [0.15, 0.2) is 129 Å². The number of carbonyl (C=O) groups excluding carboxylic acids is 3. The Hall–Kier alpha value is -9.47. The Morgan fingerprint density at radius 2 is 1.37 bits per heavy atom. The fraction of sp³-hybridized carbons (Fsp3) is 0.105. The van der Waals surface area contributed by atoms with Crippen molar-refractivity contribution in [2.45, 2.75) is 20.0 Å². The number of hydrogen-bond donors (Lipinski definition) is 8. The molecule has 9 rings (SSSR count). The fourth-order valence-corrected chi connectivity index (χ4v) is 9.40. The molecule has 2 aliphatic carbocycles. The predicted octanol–water partition coefficient (Wildman–Crippen LogP) is 9.18. The number of nitrogens with one attached hydrogen (secondary N) is 4. The smallest absolute Gasteiger partial charge is 0.337 e. The van der Waals surface area contributed by atoms with Crippen LogP contribution in [0.3, 0.4) is 0 Å². The third-order valence-electron chi connectivity index (χ3n) is 12.4. The molecule has 0 saturated carbocycles. The zero-order chi connectivity index (χ0) is 53.9. The van der Waals surface area contributed by atoms with Gasteiger partial charge in [0.2, 0.25) is 0 Å². The van der Waals surface area contributed by atoms with Gasteiger partial charge in [-0.15, -0.1) is 5.92 Å². The number of amides is 3. The van der Waals surface area contributed by atoms with E-state index >= 15 is 0 Å². The first-order valence-corrected chi connectivity index (χ1v) is 23.8. The molecule has 17 nitrogen and oxygen atoms in total. The molecule has 4 aliphatic rings. The maximum absolute atomic E-state index is 13.7. The van der Waals surface area contributed by atoms with Gasteiger partial charge in [0.1, 0.15) is 35.0 Å². The van der Waals surface area contributed by atoms with Crippen molar-refractivity contribution < 1.29 is 52.9 Å². The normalized spacial score (nSPS) is 11.1. The highest BCUT2D eigenvalue weighted by Crippen LogP contribution is 2.47. The van der Waals surface area contributed by atoms with Crippen molar-refractivity contribution in [1.29, 1.82) is 5.41 Å². The first-order valence-electron chi connectivity index (χ1n) is 23.1. The van der Waals surface area contributed by atoms with Crippen LogP contribution in [0.25, 0.3) is 66.8 Å². The Kier molecular flexibility index (Phi) is 14.6. The molecule has 0 bridgehead atoms. The maximum Gasteiger partial charge on any atom is 0.337 e. The number of rotatable bonds is 15. The van der Waals surface area contributed by atoms with Crippen molar-refractivity contribution in [3.05, 3.63) is 180 Å². The number of carboxylic acid groups (broad SMARTS) is 2. The highest BCUT2D eigenvalue weighted by atomic mass is 35.5. The van der Waals surface area contributed by atoms with Crippen LogP contribution in [0.5, 0.6) is 5.75 Å². The van der Waals surface area contributed by atoms with E-state index in [4.69, 9.17) is 47.9 Å². The summed E-state index contributed by atoms with van der Waals surface area (Å²) in [5.41, 5.74) is 8.04. The molecule has 380 valence electrons. The van der Waals surface area contributed by atoms with Gasteiger partial charge in [0.05, 0.1) is 50.8 Å². The minimum absolute atomic E-state index is 0.0235. The van der Waals surface area contributed by atoms with Crippen molar-refractivity contribution in [3.8, 4) is 62.5 Å². The van der Waals surface area contributed by atoms with Gasteiger partial charge in [-0.1, -0.05) is 47.3 Å². The second-order valence-electron chi connectivity index (χ2n) is 17.2. The third kappa shape index (κ3) is 10.2. The van der Waals surface area contributed by atoms with Gasteiger partial charge in [0.15, 0.2) is 5.43 Å². The summed E-state index contributed by atoms with van der Waals surface area (Å²) < 4.78 is 17.6. The van der Waals surface area contributed by atoms with E-state index in [1.54, 1.807) is 43.3 Å². The molecule has 0 spiro atoms. The maximum atomic E-state index is 13.7. The van der Waals surface area contributed by atoms with Crippen molar-refractivity contribution in [3.63, 3.8) is 0 Å². The van der Waals surface area contributed by atoms with Crippen LogP contribution >= 0.6 is 23.2 Å². The standard InChI is InChI=1S/C57H41Cl2N5O12/c1-2-3-19-74-20-18-62-54(68)30-8-12-34(39(21-30)56(70)71)47-35-15-11-33(65)24-46(35)76-52-38(47)16-17-43(66)41(52)27-64-53(67)29-6-4-28(5-7-29)26-63-55(69)40-25-42(58)49(50(51(40)59)57(72)73)48-36-13-9-31(60)22-44(36)75-45-23-32(61)10-14-37(45)48/h4-17,21-25,60,66H,18-20,26-27,61H2,1H3,(H,62,68)(H,63,69)(H,64,67)(H,70,71)(H,72,73). The highest BCUT2D eigenvalue weighted by molar-refractivity contribution is 6.41. The molecule has 5 aromatic carbocycles. The number of nitrogens with two attached hydrogens (primary N) is 1. The molecule has 0 aromatic heterocycles. The zero-order valence-corrected chi connectivity index (χ0v) is 41.4. The van der Waals surface area contributed by atoms with Gasteiger partial charge >= 0.3 is 11.9 Å². The summed E-state index contributed by atoms with van der Waals surface area (Å²) in [5.74, 6) is 0.848. The van der Waals surface area contributed by atoms with E-state index in [0.717, 1.165) is 0 Å². The number of anilines is 1. The fourth-order valence-electron chi connectivity index (χ4n) is 8.79. The van der Waals surface area contributed by atoms with E-state index in [1.807, 2.05) is 0 Å². The molecule has 9 N–H and O–H groups in total. The van der Waals surface area contributed by atoms with Crippen molar-refractivity contribution in [2.75, 3.05) is 25.5 Å². The van der Waals surface area contributed by atoms with E-state index < -0.39 is 40.7 Å². The lowest BCUT2D eigenvalue weighted by molar-refractivity contribution is 0.0686. The number of aromatic hydroxyl groups is 1. The number of phenolic OH excluding ortho intramolecular Hbond substituents is 1. The molecule has 0 unspecified atom stereocenters. The monoisotopic (exact) mass is 1060 g/mol. The van der Waals surface area contributed by atoms with Gasteiger partial charge in [-0.25, -0.2) is 9.59 Å². The minimum atomic E-state index is -1.46. The lowest BCUT2D eigenvalue weighted by Gasteiger charge is -2.20. The van der Waals surface area contributed by atoms with Crippen LogP contribution in [0.1, 0.15) is 69.8 Å². The average molecular weight is 1060 g/mol. The summed E-state index contributed by atoms with van der Waals surface area (Å²) in [7, 11) is 0. The first-order chi connectivity index (χ1) is 36.5. The number of carbonyl (C=O) groups is 5. The van der Waals surface area contributed by atoms with E-state index in [1.165, 1.54) is 78.9 Å². The van der Waals surface area contributed by atoms with Gasteiger partial charge in [-0.3, -0.25) is 19.2 Å². The number of phenols is 1. The average Bonchev–Trinajstić information content (AvgIpc) is 3.44. The molecule has 0 saturated heterocycles. The number of halogens is 2. The summed E-state index contributed by atoms with van der Waals surface area (Å²) in [6.45, 7) is 1.83. The Labute approximate surface area is 440 Å². The summed E-state index contributed by atoms with van der Waals surface area (Å²) in [5, 5.41) is 49.0. The van der Waals surface area contributed by atoms with Crippen LogP contribution in [0, 0.1) is 17.3 Å². The zero-order valence-electron chi connectivity index (χ0n) is 39.9. The van der Waals surface area contributed by atoms with Gasteiger partial charge in [0, 0.05) is 86.7 Å². The lowest BCUT2D eigenvalue weighted by Crippen LogP contribution is -2.27. The largest absolute Gasteiger partial charge is 0.507 e. The van der Waals surface area contributed by atoms with Crippen molar-refractivity contribution in [1.82, 2.24) is 16.0 Å². The SMILES string of the molecule is CC#CCOCCNC(=O)c1ccc(-c2c3ccc(=O)cc-3oc3c(CNC(=O)c4ccc(CNC(=O)c5cc(Cl)c(-c6c7ccc(=N)cc-7oc7cc(N)ccc67)c(C(=O)O)c5Cl)cc4)c(O)ccc23)c(C(=O)O)c1. The Morgan fingerprint density at radius 1 is 0.684 bits per heavy atom. The summed E-state index contributed by atoms with van der Waals surface area (Å²) in [6, 6.07) is 27.9. The van der Waals surface area contributed by atoms with Crippen LogP contribution < -0.4 is 32.5 Å². The second-order valence-corrected chi connectivity index (χ2v) is 17.9. The minimum Gasteiger partial charge on any atom is -0.507 e. The van der Waals surface area contributed by atoms with Gasteiger partial charge in [-0.05, 0) is 96.9 Å². The van der Waals surface area contributed by atoms with Crippen molar-refractivity contribution >= 4 is 80.5 Å². The van der Waals surface area contributed by atoms with Crippen LogP contribution in [-0.2, 0) is 17.8 Å². The molecule has 5 aromatic rings. The Balaban J connectivity index is 0.942. The number of hydrogen-bond acceptors (Lipinski definition) is 12. The molecular weight excluding hydrogens is 1020 g/mol. The Morgan fingerprint density at radius 3 is 2.12 bits per heavy atom. The van der Waals surface area contributed by atoms with Gasteiger partial charge in [0.25, 0.3) is 17.7 Å². The Bertz CT molecular complexity index is 4010. The molecule has 2 aliphatic heterocycles. The number of benzene rings is 7. The van der Waals surface area contributed by atoms with Crippen LogP contribution in [-0.4, -0.2) is 64.7 Å². The number of fused-ring (bicyclic) bond motifs is 4. The second kappa shape index (κ2) is 21.5. The summed E-state index contributed by atoms with van der Waals surface area (Å²) >= 11 is 13.6. The predicted molar refractivity (Wildman–Crippen MR) is 284 cm³/mol. The molecule has 0 atom stereocenters. The number of aromatic carboxylic acids is 2. The summed E-state index contributed by atoms with van der Waals surface area (Å²) in [4.78, 5) is 78.8. The summed E-state index contributed by atoms with van der Waals surface area (Å²) in [6.07, 6.45) is 0. The van der Waals surface area contributed by atoms with Crippen LogP contribution in [0.2, 0.25) is 10.0 Å². The molecule has 2 heterocycles. The molecular formula is C57H41Cl2N5O12. The first kappa shape index (κ1) is 51.4. The van der Waals surface area contributed by atoms with Gasteiger partial charge < -0.3 is 56.0 Å². The van der Waals surface area contributed by atoms with E-state index in [2.05, 4.69) is 27.8 Å². The third-order valence-corrected chi connectivity index (χ3v) is 13.1. The van der Waals surface area contributed by atoms with Crippen LogP contribution in [0.4, 0.5) is 5.69 Å². The quantitative estimate of drug-likeness (QED) is 0.0206. The van der Waals surface area contributed by atoms with Gasteiger partial charge in [-0.2, -0.15) is 0 Å². The molecule has 0 fully saturated rings. The molecule has 76 heavy (non-hydrogen) atoms. The highest BCUT2D eigenvalue weighted by Gasteiger charge is 2.30.